The first-order valence-electron chi connectivity index (χ1n) is 6.08. The number of rotatable bonds is 4. The fourth-order valence-corrected chi connectivity index (χ4v) is 2.20. The monoisotopic (exact) mass is 357 g/mol. The van der Waals surface area contributed by atoms with Crippen LogP contribution < -0.4 is 5.32 Å². The number of carbonyl (C=O) groups is 1. The van der Waals surface area contributed by atoms with Crippen molar-refractivity contribution in [2.24, 2.45) is 0 Å². The molecule has 0 radical (unpaired) electrons. The Balaban J connectivity index is 2.12. The van der Waals surface area contributed by atoms with Crippen LogP contribution in [0.4, 0.5) is 13.2 Å². The zero-order valence-corrected chi connectivity index (χ0v) is 12.4. The maximum Gasteiger partial charge on any atom is 0.257 e. The summed E-state index contributed by atoms with van der Waals surface area (Å²) >= 11 is 3.31. The first kappa shape index (κ1) is 15.6. The van der Waals surface area contributed by atoms with Crippen LogP contribution in [0.5, 0.6) is 0 Å². The van der Waals surface area contributed by atoms with Crippen LogP contribution in [0.25, 0.3) is 0 Å². The van der Waals surface area contributed by atoms with Crippen molar-refractivity contribution < 1.29 is 18.0 Å². The van der Waals surface area contributed by atoms with Crippen LogP contribution in [-0.2, 0) is 11.9 Å². The van der Waals surface area contributed by atoms with Gasteiger partial charge >= 0.3 is 0 Å². The lowest BCUT2D eigenvalue weighted by molar-refractivity contribution is 0.0942. The van der Waals surface area contributed by atoms with Gasteiger partial charge in [0, 0.05) is 24.0 Å². The van der Waals surface area contributed by atoms with Gasteiger partial charge < -0.3 is 5.32 Å². The van der Waals surface area contributed by atoms with Crippen molar-refractivity contribution >= 4 is 21.8 Å². The van der Waals surface area contributed by atoms with E-state index in [0.29, 0.717) is 17.5 Å². The average molecular weight is 358 g/mol. The molecule has 0 heterocycles. The van der Waals surface area contributed by atoms with Crippen molar-refractivity contribution in [3.05, 3.63) is 70.5 Å². The van der Waals surface area contributed by atoms with Crippen molar-refractivity contribution in [3.63, 3.8) is 0 Å². The SMILES string of the molecule is O=C(NCc1cccc(CBr)c1)c1c(F)cc(F)cc1F. The van der Waals surface area contributed by atoms with Gasteiger partial charge in [-0.2, -0.15) is 0 Å². The van der Waals surface area contributed by atoms with Gasteiger partial charge in [0.2, 0.25) is 0 Å². The molecule has 0 saturated carbocycles. The Kier molecular flexibility index (Phi) is 5.01. The molecule has 0 aliphatic carbocycles. The summed E-state index contributed by atoms with van der Waals surface area (Å²) in [5.41, 5.74) is 1.03. The summed E-state index contributed by atoms with van der Waals surface area (Å²) < 4.78 is 39.7. The van der Waals surface area contributed by atoms with Gasteiger partial charge in [-0.15, -0.1) is 0 Å². The minimum Gasteiger partial charge on any atom is -0.348 e. The van der Waals surface area contributed by atoms with Crippen LogP contribution in [0.15, 0.2) is 36.4 Å². The third kappa shape index (κ3) is 3.85. The van der Waals surface area contributed by atoms with Crippen LogP contribution in [0.2, 0.25) is 0 Å². The molecule has 1 N–H and O–H groups in total. The second-order valence-electron chi connectivity index (χ2n) is 4.38. The summed E-state index contributed by atoms with van der Waals surface area (Å²) in [7, 11) is 0. The average Bonchev–Trinajstić information content (AvgIpc) is 2.44. The minimum atomic E-state index is -1.22. The standard InChI is InChI=1S/C15H11BrF3NO/c16-7-9-2-1-3-10(4-9)8-20-15(21)14-12(18)5-11(17)6-13(14)19/h1-6H,7-8H2,(H,20,21). The van der Waals surface area contributed by atoms with Crippen LogP contribution in [0.3, 0.4) is 0 Å². The Morgan fingerprint density at radius 1 is 1.05 bits per heavy atom. The molecular formula is C15H11BrF3NO. The number of alkyl halides is 1. The third-order valence-electron chi connectivity index (χ3n) is 2.83. The van der Waals surface area contributed by atoms with E-state index >= 15 is 0 Å². The number of nitrogens with one attached hydrogen (secondary N) is 1. The highest BCUT2D eigenvalue weighted by Crippen LogP contribution is 2.15. The normalized spacial score (nSPS) is 10.5. The van der Waals surface area contributed by atoms with E-state index < -0.39 is 28.9 Å². The van der Waals surface area contributed by atoms with Gasteiger partial charge in [0.1, 0.15) is 23.0 Å². The first-order chi connectivity index (χ1) is 10.0. The molecule has 2 aromatic rings. The number of amides is 1. The van der Waals surface area contributed by atoms with E-state index in [1.165, 1.54) is 0 Å². The lowest BCUT2D eigenvalue weighted by atomic mass is 10.1. The summed E-state index contributed by atoms with van der Waals surface area (Å²) in [5.74, 6) is -4.43. The van der Waals surface area contributed by atoms with Gasteiger partial charge in [0.15, 0.2) is 0 Å². The summed E-state index contributed by atoms with van der Waals surface area (Å²) in [5, 5.41) is 3.07. The highest BCUT2D eigenvalue weighted by Gasteiger charge is 2.18. The number of halogens is 4. The quantitative estimate of drug-likeness (QED) is 0.825. The number of hydrogen-bond donors (Lipinski definition) is 1. The van der Waals surface area contributed by atoms with E-state index in [1.807, 2.05) is 18.2 Å². The summed E-state index contributed by atoms with van der Waals surface area (Å²) in [6.07, 6.45) is 0. The van der Waals surface area contributed by atoms with Gasteiger partial charge in [-0.25, -0.2) is 13.2 Å². The molecule has 6 heteroatoms. The molecule has 0 aliphatic rings. The van der Waals surface area contributed by atoms with Gasteiger partial charge in [-0.1, -0.05) is 40.2 Å². The van der Waals surface area contributed by atoms with E-state index in [4.69, 9.17) is 0 Å². The molecular weight excluding hydrogens is 347 g/mol. The lowest BCUT2D eigenvalue weighted by Crippen LogP contribution is -2.25. The molecule has 0 unspecified atom stereocenters. The smallest absolute Gasteiger partial charge is 0.257 e. The molecule has 0 aromatic heterocycles. The number of hydrogen-bond acceptors (Lipinski definition) is 1. The van der Waals surface area contributed by atoms with E-state index in [1.54, 1.807) is 6.07 Å². The van der Waals surface area contributed by atoms with E-state index in [-0.39, 0.29) is 6.54 Å². The fourth-order valence-electron chi connectivity index (χ4n) is 1.85. The molecule has 2 nitrogen and oxygen atoms in total. The Morgan fingerprint density at radius 3 is 2.29 bits per heavy atom. The van der Waals surface area contributed by atoms with Crippen LogP contribution in [0, 0.1) is 17.5 Å². The second-order valence-corrected chi connectivity index (χ2v) is 4.94. The zero-order valence-electron chi connectivity index (χ0n) is 10.8. The molecule has 0 fully saturated rings. The Morgan fingerprint density at radius 2 is 1.67 bits per heavy atom. The van der Waals surface area contributed by atoms with E-state index in [9.17, 15) is 18.0 Å². The molecule has 0 atom stereocenters. The predicted molar refractivity (Wildman–Crippen MR) is 76.6 cm³/mol. The van der Waals surface area contributed by atoms with Gasteiger partial charge in [-0.05, 0) is 11.1 Å². The van der Waals surface area contributed by atoms with Crippen molar-refractivity contribution in [2.45, 2.75) is 11.9 Å². The molecule has 110 valence electrons. The Hall–Kier alpha value is -1.82. The summed E-state index contributed by atoms with van der Waals surface area (Å²) in [4.78, 5) is 11.8. The van der Waals surface area contributed by atoms with Crippen molar-refractivity contribution in [1.29, 1.82) is 0 Å². The van der Waals surface area contributed by atoms with Gasteiger partial charge in [0.25, 0.3) is 5.91 Å². The Labute approximate surface area is 128 Å². The predicted octanol–water partition coefficient (Wildman–Crippen LogP) is 3.93. The second kappa shape index (κ2) is 6.76. The van der Waals surface area contributed by atoms with Crippen molar-refractivity contribution in [3.8, 4) is 0 Å². The van der Waals surface area contributed by atoms with Crippen LogP contribution >= 0.6 is 15.9 Å². The molecule has 21 heavy (non-hydrogen) atoms. The molecule has 0 aliphatic heterocycles. The first-order valence-corrected chi connectivity index (χ1v) is 7.20. The van der Waals surface area contributed by atoms with Gasteiger partial charge in [0.05, 0.1) is 0 Å². The molecule has 2 rings (SSSR count). The van der Waals surface area contributed by atoms with Gasteiger partial charge in [-0.3, -0.25) is 4.79 Å². The third-order valence-corrected chi connectivity index (χ3v) is 3.48. The summed E-state index contributed by atoms with van der Waals surface area (Å²) in [6, 6.07) is 8.31. The molecule has 1 amide bonds. The minimum absolute atomic E-state index is 0.121. The largest absolute Gasteiger partial charge is 0.348 e. The topological polar surface area (TPSA) is 29.1 Å². The van der Waals surface area contributed by atoms with Crippen LogP contribution in [0.1, 0.15) is 21.5 Å². The fraction of sp³-hybridized carbons (Fsp3) is 0.133. The van der Waals surface area contributed by atoms with E-state index in [2.05, 4.69) is 21.2 Å². The zero-order chi connectivity index (χ0) is 15.4. The van der Waals surface area contributed by atoms with Crippen LogP contribution in [-0.4, -0.2) is 5.91 Å². The number of benzene rings is 2. The molecule has 2 aromatic carbocycles. The highest BCUT2D eigenvalue weighted by atomic mass is 79.9. The Bertz CT molecular complexity index is 653. The van der Waals surface area contributed by atoms with E-state index in [0.717, 1.165) is 11.1 Å². The molecule has 0 spiro atoms. The molecule has 0 bridgehead atoms. The van der Waals surface area contributed by atoms with Crippen molar-refractivity contribution in [1.82, 2.24) is 5.32 Å². The maximum atomic E-state index is 13.5. The number of carbonyl (C=O) groups excluding carboxylic acids is 1. The summed E-state index contributed by atoms with van der Waals surface area (Å²) in [6.45, 7) is 0.121. The maximum absolute atomic E-state index is 13.5. The lowest BCUT2D eigenvalue weighted by Gasteiger charge is -2.08. The highest BCUT2D eigenvalue weighted by molar-refractivity contribution is 9.08. The van der Waals surface area contributed by atoms with Crippen molar-refractivity contribution in [2.75, 3.05) is 0 Å². The molecule has 0 saturated heterocycles.